The Morgan fingerprint density at radius 2 is 2.30 bits per heavy atom. The zero-order valence-electron chi connectivity index (χ0n) is 11.4. The summed E-state index contributed by atoms with van der Waals surface area (Å²) < 4.78 is 14.4. The van der Waals surface area contributed by atoms with E-state index in [1.807, 2.05) is 6.92 Å². The number of fused-ring (bicyclic) bond motifs is 1. The van der Waals surface area contributed by atoms with Crippen LogP contribution in [0.25, 0.3) is 10.1 Å². The van der Waals surface area contributed by atoms with Crippen molar-refractivity contribution in [1.82, 2.24) is 5.32 Å². The van der Waals surface area contributed by atoms with E-state index in [1.54, 1.807) is 23.9 Å². The van der Waals surface area contributed by atoms with Gasteiger partial charge in [-0.2, -0.15) is 11.8 Å². The monoisotopic (exact) mass is 312 g/mol. The molecule has 2 aromatic rings. The number of thiophene rings is 1. The van der Waals surface area contributed by atoms with Gasteiger partial charge in [0.25, 0.3) is 5.91 Å². The maximum Gasteiger partial charge on any atom is 0.263 e. The Bertz CT molecular complexity index is 627. The summed E-state index contributed by atoms with van der Waals surface area (Å²) in [5, 5.41) is 3.25. The molecule has 1 atom stereocenters. The number of benzene rings is 1. The first-order valence-corrected chi connectivity index (χ1v) is 8.36. The van der Waals surface area contributed by atoms with Crippen LogP contribution < -0.4 is 11.1 Å². The SMILES string of the molecule is CCSCC(C)NC(=O)c1sc2cccc(F)c2c1N. The van der Waals surface area contributed by atoms with E-state index in [4.69, 9.17) is 5.73 Å². The molecular formula is C14H17FN2OS2. The van der Waals surface area contributed by atoms with E-state index in [1.165, 1.54) is 17.4 Å². The fourth-order valence-corrected chi connectivity index (χ4v) is 3.64. The molecule has 0 aliphatic rings. The quantitative estimate of drug-likeness (QED) is 0.888. The lowest BCUT2D eigenvalue weighted by Crippen LogP contribution is -2.34. The van der Waals surface area contributed by atoms with Gasteiger partial charge in [-0.05, 0) is 24.8 Å². The van der Waals surface area contributed by atoms with Crippen LogP contribution in [0.4, 0.5) is 10.1 Å². The molecule has 2 rings (SSSR count). The second-order valence-electron chi connectivity index (χ2n) is 4.49. The van der Waals surface area contributed by atoms with Crippen LogP contribution in [0.15, 0.2) is 18.2 Å². The average molecular weight is 312 g/mol. The molecule has 0 saturated heterocycles. The summed E-state index contributed by atoms with van der Waals surface area (Å²) in [5.74, 6) is 1.25. The van der Waals surface area contributed by atoms with E-state index in [0.29, 0.717) is 15.0 Å². The molecule has 3 nitrogen and oxygen atoms in total. The minimum absolute atomic E-state index is 0.0573. The third kappa shape index (κ3) is 3.07. The molecule has 0 radical (unpaired) electrons. The lowest BCUT2D eigenvalue weighted by atomic mass is 10.2. The molecule has 1 aromatic carbocycles. The number of halogens is 1. The highest BCUT2D eigenvalue weighted by Gasteiger charge is 2.19. The van der Waals surface area contributed by atoms with Gasteiger partial charge >= 0.3 is 0 Å². The Morgan fingerprint density at radius 3 is 2.95 bits per heavy atom. The molecule has 0 saturated carbocycles. The number of hydrogen-bond donors (Lipinski definition) is 2. The number of anilines is 1. The number of carbonyl (C=O) groups excluding carboxylic acids is 1. The normalized spacial score (nSPS) is 12.6. The largest absolute Gasteiger partial charge is 0.397 e. The maximum atomic E-state index is 13.7. The molecule has 3 N–H and O–H groups in total. The van der Waals surface area contributed by atoms with Crippen LogP contribution in [0, 0.1) is 5.82 Å². The van der Waals surface area contributed by atoms with Gasteiger partial charge < -0.3 is 11.1 Å². The van der Waals surface area contributed by atoms with Crippen molar-refractivity contribution in [2.24, 2.45) is 0 Å². The summed E-state index contributed by atoms with van der Waals surface area (Å²) in [4.78, 5) is 12.6. The highest BCUT2D eigenvalue weighted by Crippen LogP contribution is 2.35. The van der Waals surface area contributed by atoms with E-state index in [-0.39, 0.29) is 23.5 Å². The van der Waals surface area contributed by atoms with Crippen LogP contribution >= 0.6 is 23.1 Å². The van der Waals surface area contributed by atoms with Gasteiger partial charge in [0.1, 0.15) is 10.7 Å². The van der Waals surface area contributed by atoms with Crippen molar-refractivity contribution in [2.45, 2.75) is 19.9 Å². The van der Waals surface area contributed by atoms with Crippen LogP contribution in [0.1, 0.15) is 23.5 Å². The zero-order chi connectivity index (χ0) is 14.7. The van der Waals surface area contributed by atoms with Crippen LogP contribution in [0.3, 0.4) is 0 Å². The Labute approximate surface area is 125 Å². The summed E-state index contributed by atoms with van der Waals surface area (Å²) in [6.45, 7) is 4.02. The number of amides is 1. The number of rotatable bonds is 5. The van der Waals surface area contributed by atoms with Gasteiger partial charge in [-0.25, -0.2) is 4.39 Å². The summed E-state index contributed by atoms with van der Waals surface area (Å²) in [6.07, 6.45) is 0. The van der Waals surface area contributed by atoms with Gasteiger partial charge in [-0.15, -0.1) is 11.3 Å². The third-order valence-corrected chi connectivity index (χ3v) is 5.17. The first-order valence-electron chi connectivity index (χ1n) is 6.39. The summed E-state index contributed by atoms with van der Waals surface area (Å²) in [5.41, 5.74) is 6.15. The molecule has 1 heterocycles. The molecule has 6 heteroatoms. The van der Waals surface area contributed by atoms with Crippen molar-refractivity contribution >= 4 is 44.8 Å². The minimum Gasteiger partial charge on any atom is -0.397 e. The third-order valence-electron chi connectivity index (χ3n) is 2.86. The fourth-order valence-electron chi connectivity index (χ4n) is 1.92. The fraction of sp³-hybridized carbons (Fsp3) is 0.357. The number of nitrogens with two attached hydrogens (primary N) is 1. The van der Waals surface area contributed by atoms with E-state index < -0.39 is 0 Å². The molecule has 0 fully saturated rings. The number of thioether (sulfide) groups is 1. The zero-order valence-corrected chi connectivity index (χ0v) is 13.0. The van der Waals surface area contributed by atoms with Gasteiger partial charge in [-0.3, -0.25) is 4.79 Å². The van der Waals surface area contributed by atoms with Gasteiger partial charge in [0, 0.05) is 16.5 Å². The predicted molar refractivity (Wildman–Crippen MR) is 86.1 cm³/mol. The lowest BCUT2D eigenvalue weighted by molar-refractivity contribution is 0.0948. The molecular weight excluding hydrogens is 295 g/mol. The van der Waals surface area contributed by atoms with E-state index in [2.05, 4.69) is 12.2 Å². The number of carbonyl (C=O) groups is 1. The van der Waals surface area contributed by atoms with Crippen molar-refractivity contribution in [3.05, 3.63) is 28.9 Å². The molecule has 1 aromatic heterocycles. The Hall–Kier alpha value is -1.27. The molecule has 108 valence electrons. The highest BCUT2D eigenvalue weighted by molar-refractivity contribution is 7.99. The number of hydrogen-bond acceptors (Lipinski definition) is 4. The van der Waals surface area contributed by atoms with E-state index in [9.17, 15) is 9.18 Å². The summed E-state index contributed by atoms with van der Waals surface area (Å²) in [7, 11) is 0. The van der Waals surface area contributed by atoms with E-state index >= 15 is 0 Å². The summed E-state index contributed by atoms with van der Waals surface area (Å²) in [6, 6.07) is 4.80. The molecule has 1 unspecified atom stereocenters. The van der Waals surface area contributed by atoms with Crippen LogP contribution in [-0.4, -0.2) is 23.5 Å². The molecule has 0 spiro atoms. The van der Waals surface area contributed by atoms with Crippen LogP contribution in [-0.2, 0) is 0 Å². The Balaban J connectivity index is 2.22. The first-order chi connectivity index (χ1) is 9.54. The minimum atomic E-state index is -0.384. The lowest BCUT2D eigenvalue weighted by Gasteiger charge is -2.12. The molecule has 0 bridgehead atoms. The van der Waals surface area contributed by atoms with Crippen molar-refractivity contribution < 1.29 is 9.18 Å². The van der Waals surface area contributed by atoms with Crippen LogP contribution in [0.2, 0.25) is 0 Å². The number of nitrogens with one attached hydrogen (secondary N) is 1. The Kier molecular flexibility index (Phi) is 4.88. The first kappa shape index (κ1) is 15.1. The van der Waals surface area contributed by atoms with Crippen LogP contribution in [0.5, 0.6) is 0 Å². The average Bonchev–Trinajstić information content (AvgIpc) is 2.75. The van der Waals surface area contributed by atoms with Crippen molar-refractivity contribution in [1.29, 1.82) is 0 Å². The second-order valence-corrected chi connectivity index (χ2v) is 6.86. The van der Waals surface area contributed by atoms with Crippen molar-refractivity contribution in [3.8, 4) is 0 Å². The van der Waals surface area contributed by atoms with Crippen molar-refractivity contribution in [2.75, 3.05) is 17.2 Å². The summed E-state index contributed by atoms with van der Waals surface area (Å²) >= 11 is 2.99. The van der Waals surface area contributed by atoms with E-state index in [0.717, 1.165) is 11.5 Å². The smallest absolute Gasteiger partial charge is 0.263 e. The van der Waals surface area contributed by atoms with Gasteiger partial charge in [0.05, 0.1) is 11.1 Å². The van der Waals surface area contributed by atoms with Gasteiger partial charge in [0.15, 0.2) is 0 Å². The van der Waals surface area contributed by atoms with Gasteiger partial charge in [0.2, 0.25) is 0 Å². The highest BCUT2D eigenvalue weighted by atomic mass is 32.2. The molecule has 0 aliphatic heterocycles. The number of nitrogen functional groups attached to an aromatic ring is 1. The molecule has 0 aliphatic carbocycles. The second kappa shape index (κ2) is 6.45. The van der Waals surface area contributed by atoms with Crippen molar-refractivity contribution in [3.63, 3.8) is 0 Å². The molecule has 1 amide bonds. The maximum absolute atomic E-state index is 13.7. The standard InChI is InChI=1S/C14H17FN2OS2/c1-3-19-7-8(2)17-14(18)13-12(16)11-9(15)5-4-6-10(11)20-13/h4-6,8H,3,7,16H2,1-2H3,(H,17,18). The van der Waals surface area contributed by atoms with Gasteiger partial charge in [-0.1, -0.05) is 13.0 Å². The Morgan fingerprint density at radius 1 is 1.55 bits per heavy atom. The molecule has 20 heavy (non-hydrogen) atoms. The topological polar surface area (TPSA) is 55.1 Å². The predicted octanol–water partition coefficient (Wildman–Crippen LogP) is 3.49.